The number of methoxy groups -OCH3 is 1. The molecule has 106 valence electrons. The summed E-state index contributed by atoms with van der Waals surface area (Å²) in [6.07, 6.45) is 1.35. The fraction of sp³-hybridized carbons (Fsp3) is 0.231. The van der Waals surface area contributed by atoms with Crippen LogP contribution >= 0.6 is 0 Å². The Morgan fingerprint density at radius 3 is 2.55 bits per heavy atom. The number of halogens is 2. The highest BCUT2D eigenvalue weighted by Gasteiger charge is 2.12. The summed E-state index contributed by atoms with van der Waals surface area (Å²) >= 11 is 0. The van der Waals surface area contributed by atoms with Crippen LogP contribution in [0.2, 0.25) is 0 Å². The fourth-order valence-electron chi connectivity index (χ4n) is 1.66. The van der Waals surface area contributed by atoms with Gasteiger partial charge in [0.2, 0.25) is 5.75 Å². The van der Waals surface area contributed by atoms with Crippen LogP contribution in [0.1, 0.15) is 6.92 Å². The van der Waals surface area contributed by atoms with Gasteiger partial charge in [-0.3, -0.25) is 0 Å². The lowest BCUT2D eigenvalue weighted by atomic mass is 10.3. The molecule has 1 aromatic carbocycles. The first-order chi connectivity index (χ1) is 9.65. The lowest BCUT2D eigenvalue weighted by Crippen LogP contribution is -2.06. The second kappa shape index (κ2) is 6.14. The summed E-state index contributed by atoms with van der Waals surface area (Å²) in [6.45, 7) is 2.59. The second-order valence-corrected chi connectivity index (χ2v) is 3.89. The van der Waals surface area contributed by atoms with E-state index >= 15 is 0 Å². The van der Waals surface area contributed by atoms with Crippen LogP contribution in [0.15, 0.2) is 24.5 Å². The molecule has 5 nitrogen and oxygen atoms in total. The number of ether oxygens (including phenoxy) is 1. The van der Waals surface area contributed by atoms with Crippen LogP contribution in [0.25, 0.3) is 0 Å². The number of nitrogens with zero attached hydrogens (tertiary/aromatic N) is 2. The summed E-state index contributed by atoms with van der Waals surface area (Å²) in [6, 6.07) is 3.49. The average Bonchev–Trinajstić information content (AvgIpc) is 2.44. The summed E-state index contributed by atoms with van der Waals surface area (Å²) in [4.78, 5) is 8.09. The van der Waals surface area contributed by atoms with E-state index in [4.69, 9.17) is 4.74 Å². The van der Waals surface area contributed by atoms with Crippen molar-refractivity contribution in [3.63, 3.8) is 0 Å². The highest BCUT2D eigenvalue weighted by molar-refractivity contribution is 5.69. The standard InChI is InChI=1S/C13H14F2N4O/c1-3-16-12-11(20-2)13(18-7-17-12)19-8-4-5-9(14)10(15)6-8/h4-7H,3H2,1-2H3,(H2,16,17,18,19). The van der Waals surface area contributed by atoms with Crippen LogP contribution in [0.5, 0.6) is 5.75 Å². The van der Waals surface area contributed by atoms with Gasteiger partial charge in [0.15, 0.2) is 23.3 Å². The van der Waals surface area contributed by atoms with E-state index in [-0.39, 0.29) is 0 Å². The largest absolute Gasteiger partial charge is 0.490 e. The van der Waals surface area contributed by atoms with Gasteiger partial charge < -0.3 is 15.4 Å². The topological polar surface area (TPSA) is 59.1 Å². The Kier molecular flexibility index (Phi) is 4.29. The summed E-state index contributed by atoms with van der Waals surface area (Å²) in [7, 11) is 1.48. The predicted molar refractivity (Wildman–Crippen MR) is 72.4 cm³/mol. The molecule has 0 bridgehead atoms. The molecule has 2 rings (SSSR count). The molecule has 0 saturated heterocycles. The molecule has 1 aromatic heterocycles. The van der Waals surface area contributed by atoms with E-state index < -0.39 is 11.6 Å². The molecule has 1 heterocycles. The minimum Gasteiger partial charge on any atom is -0.490 e. The van der Waals surface area contributed by atoms with Crippen molar-refractivity contribution in [3.8, 4) is 5.75 Å². The van der Waals surface area contributed by atoms with E-state index in [2.05, 4.69) is 20.6 Å². The number of hydrogen-bond acceptors (Lipinski definition) is 5. The Bertz CT molecular complexity index is 607. The van der Waals surface area contributed by atoms with Crippen molar-refractivity contribution < 1.29 is 13.5 Å². The van der Waals surface area contributed by atoms with E-state index in [1.165, 1.54) is 19.5 Å². The molecule has 0 unspecified atom stereocenters. The number of benzene rings is 1. The van der Waals surface area contributed by atoms with Crippen LogP contribution < -0.4 is 15.4 Å². The molecule has 0 saturated carbocycles. The number of nitrogens with one attached hydrogen (secondary N) is 2. The van der Waals surface area contributed by atoms with Gasteiger partial charge in [-0.25, -0.2) is 18.7 Å². The third kappa shape index (κ3) is 2.93. The van der Waals surface area contributed by atoms with Gasteiger partial charge in [-0.05, 0) is 19.1 Å². The molecule has 0 aliphatic carbocycles. The molecular formula is C13H14F2N4O. The maximum atomic E-state index is 13.2. The van der Waals surface area contributed by atoms with Gasteiger partial charge in [-0.15, -0.1) is 0 Å². The van der Waals surface area contributed by atoms with E-state index in [1.807, 2.05) is 6.92 Å². The Morgan fingerprint density at radius 1 is 1.15 bits per heavy atom. The van der Waals surface area contributed by atoms with Crippen LogP contribution in [-0.4, -0.2) is 23.6 Å². The molecule has 7 heteroatoms. The molecule has 0 fully saturated rings. The fourth-order valence-corrected chi connectivity index (χ4v) is 1.66. The summed E-state index contributed by atoms with van der Waals surface area (Å²) in [5.74, 6) is -0.549. The quantitative estimate of drug-likeness (QED) is 0.881. The third-order valence-electron chi connectivity index (χ3n) is 2.53. The monoisotopic (exact) mass is 280 g/mol. The van der Waals surface area contributed by atoms with E-state index in [0.29, 0.717) is 29.6 Å². The molecular weight excluding hydrogens is 266 g/mol. The van der Waals surface area contributed by atoms with Gasteiger partial charge in [0.25, 0.3) is 0 Å². The van der Waals surface area contributed by atoms with Crippen LogP contribution in [0.3, 0.4) is 0 Å². The predicted octanol–water partition coefficient (Wildman–Crippen LogP) is 2.94. The first-order valence-electron chi connectivity index (χ1n) is 6.00. The van der Waals surface area contributed by atoms with Gasteiger partial charge in [0, 0.05) is 18.3 Å². The molecule has 2 N–H and O–H groups in total. The zero-order valence-electron chi connectivity index (χ0n) is 11.1. The highest BCUT2D eigenvalue weighted by Crippen LogP contribution is 2.31. The zero-order valence-corrected chi connectivity index (χ0v) is 11.1. The minimum absolute atomic E-state index is 0.364. The SMILES string of the molecule is CCNc1ncnc(Nc2ccc(F)c(F)c2)c1OC. The van der Waals surface area contributed by atoms with Crippen molar-refractivity contribution in [2.24, 2.45) is 0 Å². The van der Waals surface area contributed by atoms with Crippen molar-refractivity contribution in [1.29, 1.82) is 0 Å². The van der Waals surface area contributed by atoms with E-state index in [1.54, 1.807) is 0 Å². The Morgan fingerprint density at radius 2 is 1.90 bits per heavy atom. The van der Waals surface area contributed by atoms with Crippen LogP contribution in [0, 0.1) is 11.6 Å². The molecule has 0 amide bonds. The maximum Gasteiger partial charge on any atom is 0.204 e. The number of rotatable bonds is 5. The van der Waals surface area contributed by atoms with Gasteiger partial charge in [0.1, 0.15) is 6.33 Å². The van der Waals surface area contributed by atoms with Crippen LogP contribution in [0.4, 0.5) is 26.1 Å². The molecule has 0 spiro atoms. The molecule has 0 atom stereocenters. The number of aromatic nitrogens is 2. The number of hydrogen-bond donors (Lipinski definition) is 2. The normalized spacial score (nSPS) is 10.2. The van der Waals surface area contributed by atoms with E-state index in [0.717, 1.165) is 12.1 Å². The average molecular weight is 280 g/mol. The van der Waals surface area contributed by atoms with Crippen molar-refractivity contribution in [3.05, 3.63) is 36.2 Å². The Balaban J connectivity index is 2.32. The Hall–Kier alpha value is -2.44. The van der Waals surface area contributed by atoms with Crippen molar-refractivity contribution >= 4 is 17.3 Å². The van der Waals surface area contributed by atoms with Gasteiger partial charge in [0.05, 0.1) is 7.11 Å². The summed E-state index contributed by atoms with van der Waals surface area (Å²) in [5.41, 5.74) is 0.364. The van der Waals surface area contributed by atoms with Crippen molar-refractivity contribution in [2.75, 3.05) is 24.3 Å². The summed E-state index contributed by atoms with van der Waals surface area (Å²) < 4.78 is 31.3. The summed E-state index contributed by atoms with van der Waals surface area (Å²) in [5, 5.41) is 5.89. The van der Waals surface area contributed by atoms with Gasteiger partial charge >= 0.3 is 0 Å². The lowest BCUT2D eigenvalue weighted by molar-refractivity contribution is 0.415. The molecule has 0 radical (unpaired) electrons. The molecule has 20 heavy (non-hydrogen) atoms. The molecule has 0 aliphatic rings. The third-order valence-corrected chi connectivity index (χ3v) is 2.53. The zero-order chi connectivity index (χ0) is 14.5. The smallest absolute Gasteiger partial charge is 0.204 e. The van der Waals surface area contributed by atoms with Crippen molar-refractivity contribution in [2.45, 2.75) is 6.92 Å². The first-order valence-corrected chi connectivity index (χ1v) is 6.00. The van der Waals surface area contributed by atoms with E-state index in [9.17, 15) is 8.78 Å². The molecule has 2 aromatic rings. The second-order valence-electron chi connectivity index (χ2n) is 3.89. The lowest BCUT2D eigenvalue weighted by Gasteiger charge is -2.13. The Labute approximate surface area is 115 Å². The maximum absolute atomic E-state index is 13.2. The molecule has 0 aliphatic heterocycles. The minimum atomic E-state index is -0.935. The number of anilines is 3. The van der Waals surface area contributed by atoms with Gasteiger partial charge in [-0.2, -0.15) is 0 Å². The van der Waals surface area contributed by atoms with Crippen molar-refractivity contribution in [1.82, 2.24) is 9.97 Å². The first kappa shape index (κ1) is 14.0. The highest BCUT2D eigenvalue weighted by atomic mass is 19.2. The van der Waals surface area contributed by atoms with Crippen LogP contribution in [-0.2, 0) is 0 Å². The van der Waals surface area contributed by atoms with Gasteiger partial charge in [-0.1, -0.05) is 0 Å².